The lowest BCUT2D eigenvalue weighted by molar-refractivity contribution is -0.142. The van der Waals surface area contributed by atoms with Gasteiger partial charge in [0.15, 0.2) is 6.61 Å². The van der Waals surface area contributed by atoms with Gasteiger partial charge in [-0.3, -0.25) is 9.59 Å². The van der Waals surface area contributed by atoms with Crippen LogP contribution in [0.25, 0.3) is 0 Å². The van der Waals surface area contributed by atoms with Gasteiger partial charge < -0.3 is 15.0 Å². The molecule has 2 aromatic rings. The first-order valence-corrected chi connectivity index (χ1v) is 11.1. The number of carbonyl (C=O) groups excluding carboxylic acids is 2. The summed E-state index contributed by atoms with van der Waals surface area (Å²) in [7, 11) is 0. The molecule has 0 heterocycles. The molecule has 30 heavy (non-hydrogen) atoms. The van der Waals surface area contributed by atoms with Crippen LogP contribution in [0, 0.1) is 20.8 Å². The Hall–Kier alpha value is -2.34. The number of ether oxygens (including phenoxy) is 1. The third kappa shape index (κ3) is 6.33. The summed E-state index contributed by atoms with van der Waals surface area (Å²) in [6.45, 7) is 10.5. The zero-order valence-electron chi connectivity index (χ0n) is 18.4. The number of hydrogen-bond donors (Lipinski definition) is 1. The van der Waals surface area contributed by atoms with E-state index in [0.717, 1.165) is 26.7 Å². The predicted molar refractivity (Wildman–Crippen MR) is 124 cm³/mol. The van der Waals surface area contributed by atoms with E-state index in [1.807, 2.05) is 71.0 Å². The van der Waals surface area contributed by atoms with E-state index >= 15 is 0 Å². The molecule has 162 valence electrons. The maximum absolute atomic E-state index is 13.2. The van der Waals surface area contributed by atoms with Gasteiger partial charge in [0.1, 0.15) is 11.8 Å². The first-order valence-electron chi connectivity index (χ1n) is 10.3. The molecule has 5 nitrogen and oxygen atoms in total. The van der Waals surface area contributed by atoms with Gasteiger partial charge in [-0.2, -0.15) is 0 Å². The van der Waals surface area contributed by atoms with E-state index in [1.165, 1.54) is 0 Å². The van der Waals surface area contributed by atoms with Crippen LogP contribution in [0.1, 0.15) is 42.5 Å². The van der Waals surface area contributed by atoms with Crippen LogP contribution in [0.5, 0.6) is 5.75 Å². The number of amides is 2. The predicted octanol–water partition coefficient (Wildman–Crippen LogP) is 4.70. The fourth-order valence-electron chi connectivity index (χ4n) is 3.44. The Balaban J connectivity index is 2.23. The molecule has 0 saturated heterocycles. The molecule has 0 fully saturated rings. The summed E-state index contributed by atoms with van der Waals surface area (Å²) >= 11 is 3.54. The van der Waals surface area contributed by atoms with Gasteiger partial charge in [-0.15, -0.1) is 0 Å². The number of likely N-dealkylation sites (N-methyl/N-ethyl adjacent to an activating group) is 1. The van der Waals surface area contributed by atoms with Crippen molar-refractivity contribution in [2.24, 2.45) is 0 Å². The van der Waals surface area contributed by atoms with Crippen molar-refractivity contribution in [1.82, 2.24) is 10.2 Å². The Morgan fingerprint density at radius 3 is 2.33 bits per heavy atom. The van der Waals surface area contributed by atoms with Gasteiger partial charge in [0.05, 0.1) is 0 Å². The van der Waals surface area contributed by atoms with Gasteiger partial charge in [0.25, 0.3) is 5.91 Å². The Bertz CT molecular complexity index is 875. The first-order chi connectivity index (χ1) is 14.3. The number of nitrogens with one attached hydrogen (secondary N) is 1. The van der Waals surface area contributed by atoms with Crippen molar-refractivity contribution < 1.29 is 14.3 Å². The molecule has 2 aromatic carbocycles. The fourth-order valence-corrected chi connectivity index (χ4v) is 3.67. The highest BCUT2D eigenvalue weighted by atomic mass is 79.9. The molecule has 2 amide bonds. The second kappa shape index (κ2) is 11.2. The van der Waals surface area contributed by atoms with Gasteiger partial charge >= 0.3 is 0 Å². The Morgan fingerprint density at radius 1 is 1.10 bits per heavy atom. The zero-order chi connectivity index (χ0) is 22.3. The van der Waals surface area contributed by atoms with E-state index in [2.05, 4.69) is 21.2 Å². The lowest BCUT2D eigenvalue weighted by Crippen LogP contribution is -2.50. The summed E-state index contributed by atoms with van der Waals surface area (Å²) < 4.78 is 6.85. The fraction of sp³-hybridized carbons (Fsp3) is 0.417. The summed E-state index contributed by atoms with van der Waals surface area (Å²) in [5.74, 6) is 0.285. The van der Waals surface area contributed by atoms with Gasteiger partial charge in [-0.25, -0.2) is 0 Å². The van der Waals surface area contributed by atoms with Crippen molar-refractivity contribution in [1.29, 1.82) is 0 Å². The normalized spacial score (nSPS) is 11.7. The lowest BCUT2D eigenvalue weighted by atomic mass is 10.1. The van der Waals surface area contributed by atoms with Crippen molar-refractivity contribution in [3.8, 4) is 5.75 Å². The van der Waals surface area contributed by atoms with Gasteiger partial charge in [0.2, 0.25) is 5.91 Å². The number of nitrogens with zero attached hydrogens (tertiary/aromatic N) is 1. The molecular weight excluding hydrogens is 444 g/mol. The standard InChI is InChI=1S/C24H31BrN2O3/c1-6-21(24(29)26-7-2)27(14-19-10-8-9-16(3)11-19)22(28)15-30-20-12-17(4)23(25)18(5)13-20/h8-13,21H,6-7,14-15H2,1-5H3,(H,26,29)/t21-/m1/s1. The molecule has 2 rings (SSSR count). The zero-order valence-corrected chi connectivity index (χ0v) is 20.0. The highest BCUT2D eigenvalue weighted by Gasteiger charge is 2.28. The van der Waals surface area contributed by atoms with Crippen LogP contribution >= 0.6 is 15.9 Å². The second-order valence-electron chi connectivity index (χ2n) is 7.49. The van der Waals surface area contributed by atoms with Crippen LogP contribution < -0.4 is 10.1 Å². The van der Waals surface area contributed by atoms with Gasteiger partial charge in [-0.1, -0.05) is 52.7 Å². The largest absolute Gasteiger partial charge is 0.484 e. The van der Waals surface area contributed by atoms with Gasteiger partial charge in [0, 0.05) is 17.6 Å². The van der Waals surface area contributed by atoms with Crippen LogP contribution in [-0.2, 0) is 16.1 Å². The molecule has 1 N–H and O–H groups in total. The number of benzene rings is 2. The second-order valence-corrected chi connectivity index (χ2v) is 8.28. The molecule has 0 aliphatic heterocycles. The minimum absolute atomic E-state index is 0.123. The Labute approximate surface area is 187 Å². The van der Waals surface area contributed by atoms with E-state index in [9.17, 15) is 9.59 Å². The van der Waals surface area contributed by atoms with E-state index in [0.29, 0.717) is 25.3 Å². The van der Waals surface area contributed by atoms with E-state index in [-0.39, 0.29) is 18.4 Å². The molecule has 0 aromatic heterocycles. The minimum atomic E-state index is -0.546. The minimum Gasteiger partial charge on any atom is -0.484 e. The van der Waals surface area contributed by atoms with E-state index in [1.54, 1.807) is 4.90 Å². The molecule has 1 atom stereocenters. The van der Waals surface area contributed by atoms with Crippen LogP contribution in [0.15, 0.2) is 40.9 Å². The molecule has 0 saturated carbocycles. The van der Waals surface area contributed by atoms with Crippen molar-refractivity contribution in [3.63, 3.8) is 0 Å². The topological polar surface area (TPSA) is 58.6 Å². The quantitative estimate of drug-likeness (QED) is 0.572. The van der Waals surface area contributed by atoms with Crippen LogP contribution in [0.3, 0.4) is 0 Å². The number of hydrogen-bond acceptors (Lipinski definition) is 3. The van der Waals surface area contributed by atoms with Gasteiger partial charge in [-0.05, 0) is 62.9 Å². The molecule has 6 heteroatoms. The number of halogens is 1. The Kier molecular flexibility index (Phi) is 8.90. The highest BCUT2D eigenvalue weighted by molar-refractivity contribution is 9.10. The molecule has 0 radical (unpaired) electrons. The first kappa shape index (κ1) is 23.9. The van der Waals surface area contributed by atoms with E-state index in [4.69, 9.17) is 4.74 Å². The highest BCUT2D eigenvalue weighted by Crippen LogP contribution is 2.26. The van der Waals surface area contributed by atoms with Crippen LogP contribution in [0.2, 0.25) is 0 Å². The molecule has 0 aliphatic carbocycles. The van der Waals surface area contributed by atoms with Crippen LogP contribution in [-0.4, -0.2) is 35.9 Å². The van der Waals surface area contributed by atoms with E-state index < -0.39 is 6.04 Å². The molecule has 0 aliphatic rings. The average Bonchev–Trinajstić information content (AvgIpc) is 2.70. The third-order valence-corrected chi connectivity index (χ3v) is 6.20. The lowest BCUT2D eigenvalue weighted by Gasteiger charge is -2.30. The van der Waals surface area contributed by atoms with Crippen molar-refractivity contribution >= 4 is 27.7 Å². The molecule has 0 spiro atoms. The maximum atomic E-state index is 13.2. The SMILES string of the molecule is CCNC(=O)[C@@H](CC)N(Cc1cccc(C)c1)C(=O)COc1cc(C)c(Br)c(C)c1. The average molecular weight is 475 g/mol. The summed E-state index contributed by atoms with van der Waals surface area (Å²) in [5, 5.41) is 2.85. The summed E-state index contributed by atoms with van der Waals surface area (Å²) in [6.07, 6.45) is 0.528. The number of rotatable bonds is 9. The summed E-state index contributed by atoms with van der Waals surface area (Å²) in [6, 6.07) is 11.2. The molecule has 0 bridgehead atoms. The number of aryl methyl sites for hydroxylation is 3. The third-order valence-electron chi connectivity index (χ3n) is 4.94. The smallest absolute Gasteiger partial charge is 0.261 e. The molecular formula is C24H31BrN2O3. The maximum Gasteiger partial charge on any atom is 0.261 e. The van der Waals surface area contributed by atoms with Crippen molar-refractivity contribution in [2.45, 2.75) is 53.6 Å². The summed E-state index contributed by atoms with van der Waals surface area (Å²) in [5.41, 5.74) is 4.19. The van der Waals surface area contributed by atoms with Crippen molar-refractivity contribution in [2.75, 3.05) is 13.2 Å². The Morgan fingerprint density at radius 2 is 1.77 bits per heavy atom. The monoisotopic (exact) mass is 474 g/mol. The van der Waals surface area contributed by atoms with Crippen molar-refractivity contribution in [3.05, 3.63) is 63.1 Å². The number of carbonyl (C=O) groups is 2. The summed E-state index contributed by atoms with van der Waals surface area (Å²) in [4.78, 5) is 27.4. The van der Waals surface area contributed by atoms with Crippen LogP contribution in [0.4, 0.5) is 0 Å². The molecule has 0 unspecified atom stereocenters.